The van der Waals surface area contributed by atoms with Gasteiger partial charge in [0.1, 0.15) is 5.78 Å². The zero-order chi connectivity index (χ0) is 21.1. The average Bonchev–Trinajstić information content (AvgIpc) is 3.19. The Kier molecular flexibility index (Phi) is 6.53. The van der Waals surface area contributed by atoms with Gasteiger partial charge in [-0.25, -0.2) is 9.78 Å². The normalized spacial score (nSPS) is 22.2. The van der Waals surface area contributed by atoms with Crippen LogP contribution in [0.4, 0.5) is 0 Å². The highest BCUT2D eigenvalue weighted by Gasteiger charge is 2.26. The summed E-state index contributed by atoms with van der Waals surface area (Å²) in [6.45, 7) is 1.12. The fourth-order valence-corrected chi connectivity index (χ4v) is 5.29. The van der Waals surface area contributed by atoms with Crippen LogP contribution in [0.1, 0.15) is 55.3 Å². The number of nitrogens with zero attached hydrogens (tertiary/aromatic N) is 2. The number of aromatic nitrogens is 2. The van der Waals surface area contributed by atoms with E-state index >= 15 is 0 Å². The number of rotatable bonds is 5. The maximum Gasteiger partial charge on any atom is 0.337 e. The molecule has 0 bridgehead atoms. The van der Waals surface area contributed by atoms with Crippen molar-refractivity contribution in [2.75, 3.05) is 13.7 Å². The van der Waals surface area contributed by atoms with Crippen LogP contribution in [0.5, 0.6) is 0 Å². The maximum atomic E-state index is 13.3. The summed E-state index contributed by atoms with van der Waals surface area (Å²) in [5, 5.41) is 0.763. The summed E-state index contributed by atoms with van der Waals surface area (Å²) in [5.41, 5.74) is 0.612. The Morgan fingerprint density at radius 2 is 2.10 bits per heavy atom. The third-order valence-corrected chi connectivity index (χ3v) is 7.05. The second-order valence-electron chi connectivity index (χ2n) is 7.84. The summed E-state index contributed by atoms with van der Waals surface area (Å²) in [6, 6.07) is 4.78. The molecule has 0 radical (unpaired) electrons. The zero-order valence-electron chi connectivity index (χ0n) is 17.1. The summed E-state index contributed by atoms with van der Waals surface area (Å²) in [7, 11) is 1.32. The Morgan fingerprint density at radius 1 is 1.23 bits per heavy atom. The molecule has 0 spiro atoms. The van der Waals surface area contributed by atoms with E-state index in [1.54, 1.807) is 22.8 Å². The van der Waals surface area contributed by atoms with E-state index in [0.29, 0.717) is 41.2 Å². The smallest absolute Gasteiger partial charge is 0.337 e. The first kappa shape index (κ1) is 21.1. The lowest BCUT2D eigenvalue weighted by Gasteiger charge is -2.19. The standard InChI is InChI=1S/C22H26N2O5S/c1-28-21(27)14-9-10-16-17(12-14)23-22(30-19-8-4-2-3-7-18(19)25)24(20(16)26)13-15-6-5-11-29-15/h9-10,12,15,19H,2-8,11,13H2,1H3. The number of fused-ring (bicyclic) bond motifs is 1. The van der Waals surface area contributed by atoms with Crippen molar-refractivity contribution in [3.63, 3.8) is 0 Å². The second kappa shape index (κ2) is 9.31. The monoisotopic (exact) mass is 430 g/mol. The van der Waals surface area contributed by atoms with E-state index in [4.69, 9.17) is 14.5 Å². The van der Waals surface area contributed by atoms with Crippen molar-refractivity contribution < 1.29 is 19.1 Å². The number of benzene rings is 1. The molecular weight excluding hydrogens is 404 g/mol. The Morgan fingerprint density at radius 3 is 2.87 bits per heavy atom. The highest BCUT2D eigenvalue weighted by molar-refractivity contribution is 8.00. The predicted molar refractivity (Wildman–Crippen MR) is 114 cm³/mol. The third-order valence-electron chi connectivity index (χ3n) is 5.75. The fourth-order valence-electron chi connectivity index (χ4n) is 4.07. The molecule has 1 saturated carbocycles. The Balaban J connectivity index is 1.77. The summed E-state index contributed by atoms with van der Waals surface area (Å²) in [5.74, 6) is -0.255. The third kappa shape index (κ3) is 4.44. The molecule has 4 rings (SSSR count). The lowest BCUT2D eigenvalue weighted by atomic mass is 10.1. The number of hydrogen-bond acceptors (Lipinski definition) is 7. The van der Waals surface area contributed by atoms with Crippen molar-refractivity contribution in [1.82, 2.24) is 9.55 Å². The molecule has 8 heteroatoms. The SMILES string of the molecule is COC(=O)c1ccc2c(=O)n(CC3CCCO3)c(SC3CCCCCC3=O)nc2c1. The Hall–Kier alpha value is -2.19. The minimum Gasteiger partial charge on any atom is -0.465 e. The quantitative estimate of drug-likeness (QED) is 0.408. The van der Waals surface area contributed by atoms with Gasteiger partial charge in [-0.1, -0.05) is 24.6 Å². The van der Waals surface area contributed by atoms with Crippen LogP contribution in [0, 0.1) is 0 Å². The van der Waals surface area contributed by atoms with Gasteiger partial charge in [0.05, 0.1) is 41.5 Å². The molecule has 0 amide bonds. The Labute approximate surface area is 179 Å². The molecule has 2 aliphatic rings. The summed E-state index contributed by atoms with van der Waals surface area (Å²) < 4.78 is 12.2. The van der Waals surface area contributed by atoms with Crippen molar-refractivity contribution >= 4 is 34.4 Å². The molecule has 1 saturated heterocycles. The highest BCUT2D eigenvalue weighted by atomic mass is 32.2. The minimum atomic E-state index is -0.476. The lowest BCUT2D eigenvalue weighted by molar-refractivity contribution is -0.118. The van der Waals surface area contributed by atoms with Gasteiger partial charge in [0.15, 0.2) is 5.16 Å². The molecule has 2 atom stereocenters. The van der Waals surface area contributed by atoms with Crippen molar-refractivity contribution in [3.05, 3.63) is 34.1 Å². The van der Waals surface area contributed by atoms with E-state index in [2.05, 4.69) is 0 Å². The van der Waals surface area contributed by atoms with Crippen LogP contribution in [0.15, 0.2) is 28.2 Å². The summed E-state index contributed by atoms with van der Waals surface area (Å²) in [6.07, 6.45) is 6.20. The first-order valence-corrected chi connectivity index (χ1v) is 11.4. The molecule has 1 aliphatic heterocycles. The largest absolute Gasteiger partial charge is 0.465 e. The average molecular weight is 431 g/mol. The molecule has 0 N–H and O–H groups in total. The summed E-state index contributed by atoms with van der Waals surface area (Å²) in [4.78, 5) is 42.6. The lowest BCUT2D eigenvalue weighted by Crippen LogP contribution is -2.30. The molecule has 1 aliphatic carbocycles. The molecule has 2 fully saturated rings. The minimum absolute atomic E-state index is 0.0273. The van der Waals surface area contributed by atoms with Crippen LogP contribution < -0.4 is 5.56 Å². The number of ether oxygens (including phenoxy) is 2. The molecule has 7 nitrogen and oxygen atoms in total. The van der Waals surface area contributed by atoms with E-state index in [-0.39, 0.29) is 22.7 Å². The van der Waals surface area contributed by atoms with Gasteiger partial charge in [0.2, 0.25) is 0 Å². The summed E-state index contributed by atoms with van der Waals surface area (Å²) >= 11 is 1.38. The van der Waals surface area contributed by atoms with Crippen molar-refractivity contribution in [3.8, 4) is 0 Å². The van der Waals surface area contributed by atoms with Crippen LogP contribution in [0.2, 0.25) is 0 Å². The number of esters is 1. The second-order valence-corrected chi connectivity index (χ2v) is 9.01. The topological polar surface area (TPSA) is 87.5 Å². The van der Waals surface area contributed by atoms with Crippen LogP contribution in [-0.2, 0) is 20.8 Å². The molecule has 160 valence electrons. The van der Waals surface area contributed by atoms with Crippen molar-refractivity contribution in [2.45, 2.75) is 68.0 Å². The molecule has 1 aromatic carbocycles. The van der Waals surface area contributed by atoms with Gasteiger partial charge >= 0.3 is 5.97 Å². The first-order chi connectivity index (χ1) is 14.6. The van der Waals surface area contributed by atoms with Gasteiger partial charge < -0.3 is 9.47 Å². The maximum absolute atomic E-state index is 13.3. The van der Waals surface area contributed by atoms with Crippen LogP contribution in [0.3, 0.4) is 0 Å². The van der Waals surface area contributed by atoms with Crippen molar-refractivity contribution in [1.29, 1.82) is 0 Å². The van der Waals surface area contributed by atoms with Gasteiger partial charge in [0, 0.05) is 13.0 Å². The van der Waals surface area contributed by atoms with Gasteiger partial charge in [-0.05, 0) is 43.9 Å². The predicted octanol–water partition coefficient (Wildman–Crippen LogP) is 3.36. The van der Waals surface area contributed by atoms with Crippen molar-refractivity contribution in [2.24, 2.45) is 0 Å². The number of methoxy groups -OCH3 is 1. The van der Waals surface area contributed by atoms with Gasteiger partial charge in [0.25, 0.3) is 5.56 Å². The number of hydrogen-bond donors (Lipinski definition) is 0. The van der Waals surface area contributed by atoms with Gasteiger partial charge in [-0.3, -0.25) is 14.2 Å². The first-order valence-electron chi connectivity index (χ1n) is 10.5. The van der Waals surface area contributed by atoms with E-state index in [0.717, 1.165) is 38.5 Å². The van der Waals surface area contributed by atoms with E-state index in [1.807, 2.05) is 0 Å². The van der Waals surface area contributed by atoms with Crippen LogP contribution >= 0.6 is 11.8 Å². The zero-order valence-corrected chi connectivity index (χ0v) is 17.9. The molecule has 1 aromatic heterocycles. The Bertz CT molecular complexity index is 1010. The molecule has 2 unspecified atom stereocenters. The fraction of sp³-hybridized carbons (Fsp3) is 0.545. The van der Waals surface area contributed by atoms with E-state index in [1.165, 1.54) is 18.9 Å². The number of carbonyl (C=O) groups is 2. The van der Waals surface area contributed by atoms with E-state index < -0.39 is 5.97 Å². The molecular formula is C22H26N2O5S. The van der Waals surface area contributed by atoms with Gasteiger partial charge in [-0.15, -0.1) is 0 Å². The highest BCUT2D eigenvalue weighted by Crippen LogP contribution is 2.31. The number of Topliss-reactive ketones (excluding diaryl/α,β-unsaturated/α-hetero) is 1. The van der Waals surface area contributed by atoms with Crippen LogP contribution in [-0.4, -0.2) is 46.4 Å². The number of carbonyl (C=O) groups excluding carboxylic acids is 2. The number of ketones is 1. The molecule has 2 aromatic rings. The molecule has 30 heavy (non-hydrogen) atoms. The number of thioether (sulfide) groups is 1. The van der Waals surface area contributed by atoms with Crippen LogP contribution in [0.25, 0.3) is 10.9 Å². The van der Waals surface area contributed by atoms with E-state index in [9.17, 15) is 14.4 Å². The van der Waals surface area contributed by atoms with Gasteiger partial charge in [-0.2, -0.15) is 0 Å². The molecule has 2 heterocycles.